The number of nitrogens with one attached hydrogen (secondary N) is 1. The van der Waals surface area contributed by atoms with Crippen LogP contribution < -0.4 is 5.32 Å². The van der Waals surface area contributed by atoms with Crippen molar-refractivity contribution in [2.24, 2.45) is 5.41 Å². The number of rotatable bonds is 3. The molecular formula is C16H19ClN2O3. The van der Waals surface area contributed by atoms with E-state index in [1.165, 1.54) is 0 Å². The number of halogens is 1. The lowest BCUT2D eigenvalue weighted by Crippen LogP contribution is -2.42. The quantitative estimate of drug-likeness (QED) is 0.870. The molecule has 0 unspecified atom stereocenters. The smallest absolute Gasteiger partial charge is 0.319 e. The van der Waals surface area contributed by atoms with Crippen molar-refractivity contribution in [3.8, 4) is 0 Å². The summed E-state index contributed by atoms with van der Waals surface area (Å²) < 4.78 is 0. The van der Waals surface area contributed by atoms with Crippen LogP contribution in [0.3, 0.4) is 0 Å². The standard InChI is InChI=1S/C16H19ClN2O3/c1-15(2,3)12(20)9-19-13(21)16(4,18-14(19)22)10-6-5-7-11(17)8-10/h5-8H,9H2,1-4H3,(H,18,22)/t16-/m1/s1. The molecule has 118 valence electrons. The molecule has 1 fully saturated rings. The second-order valence-corrected chi connectivity index (χ2v) is 7.07. The minimum absolute atomic E-state index is 0.175. The monoisotopic (exact) mass is 322 g/mol. The maximum absolute atomic E-state index is 12.7. The molecule has 0 saturated carbocycles. The van der Waals surface area contributed by atoms with Gasteiger partial charge in [0.1, 0.15) is 5.54 Å². The van der Waals surface area contributed by atoms with Crippen molar-refractivity contribution in [1.82, 2.24) is 10.2 Å². The van der Waals surface area contributed by atoms with Gasteiger partial charge in [0.25, 0.3) is 5.91 Å². The number of ketones is 1. The van der Waals surface area contributed by atoms with E-state index in [0.29, 0.717) is 10.6 Å². The molecule has 0 aliphatic carbocycles. The molecule has 1 saturated heterocycles. The Morgan fingerprint density at radius 1 is 1.32 bits per heavy atom. The summed E-state index contributed by atoms with van der Waals surface area (Å²) in [6.45, 7) is 6.64. The van der Waals surface area contributed by atoms with E-state index >= 15 is 0 Å². The molecule has 0 bridgehead atoms. The molecule has 6 heteroatoms. The van der Waals surface area contributed by atoms with Gasteiger partial charge in [0.05, 0.1) is 6.54 Å². The zero-order valence-corrected chi connectivity index (χ0v) is 13.8. The first kappa shape index (κ1) is 16.5. The average Bonchev–Trinajstić information content (AvgIpc) is 2.62. The minimum atomic E-state index is -1.21. The van der Waals surface area contributed by atoms with Gasteiger partial charge in [-0.1, -0.05) is 44.5 Å². The van der Waals surface area contributed by atoms with Crippen molar-refractivity contribution in [2.45, 2.75) is 33.2 Å². The van der Waals surface area contributed by atoms with Gasteiger partial charge in [-0.05, 0) is 24.6 Å². The topological polar surface area (TPSA) is 66.5 Å². The Morgan fingerprint density at radius 2 is 1.95 bits per heavy atom. The third-order valence-electron chi connectivity index (χ3n) is 3.82. The fraction of sp³-hybridized carbons (Fsp3) is 0.438. The summed E-state index contributed by atoms with van der Waals surface area (Å²) in [7, 11) is 0. The van der Waals surface area contributed by atoms with Crippen molar-refractivity contribution in [2.75, 3.05) is 6.54 Å². The lowest BCUT2D eigenvalue weighted by atomic mass is 9.89. The molecular weight excluding hydrogens is 304 g/mol. The summed E-state index contributed by atoms with van der Waals surface area (Å²) >= 11 is 5.96. The van der Waals surface area contributed by atoms with Gasteiger partial charge in [-0.3, -0.25) is 14.5 Å². The minimum Gasteiger partial charge on any atom is -0.319 e. The molecule has 0 aromatic heterocycles. The SMILES string of the molecule is CC(C)(C)C(=O)CN1C(=O)N[C@](C)(c2cccc(Cl)c2)C1=O. The highest BCUT2D eigenvalue weighted by Crippen LogP contribution is 2.30. The highest BCUT2D eigenvalue weighted by atomic mass is 35.5. The first-order valence-electron chi connectivity index (χ1n) is 6.99. The maximum Gasteiger partial charge on any atom is 0.325 e. The molecule has 1 N–H and O–H groups in total. The Labute approximate surface area is 134 Å². The van der Waals surface area contributed by atoms with E-state index < -0.39 is 22.9 Å². The van der Waals surface area contributed by atoms with E-state index in [2.05, 4.69) is 5.32 Å². The highest BCUT2D eigenvalue weighted by molar-refractivity contribution is 6.30. The van der Waals surface area contributed by atoms with Crippen molar-refractivity contribution in [3.63, 3.8) is 0 Å². The van der Waals surface area contributed by atoms with Crippen LogP contribution in [0.15, 0.2) is 24.3 Å². The second kappa shape index (κ2) is 5.39. The van der Waals surface area contributed by atoms with E-state index in [1.54, 1.807) is 52.0 Å². The van der Waals surface area contributed by atoms with Gasteiger partial charge in [-0.2, -0.15) is 0 Å². The van der Waals surface area contributed by atoms with E-state index in [1.807, 2.05) is 0 Å². The van der Waals surface area contributed by atoms with Crippen molar-refractivity contribution < 1.29 is 14.4 Å². The van der Waals surface area contributed by atoms with Gasteiger partial charge in [-0.25, -0.2) is 4.79 Å². The summed E-state index contributed by atoms with van der Waals surface area (Å²) in [4.78, 5) is 37.9. The average molecular weight is 323 g/mol. The molecule has 1 aliphatic heterocycles. The van der Waals surface area contributed by atoms with Gasteiger partial charge in [-0.15, -0.1) is 0 Å². The first-order valence-corrected chi connectivity index (χ1v) is 7.37. The fourth-order valence-corrected chi connectivity index (χ4v) is 2.41. The van der Waals surface area contributed by atoms with Crippen LogP contribution in [0.4, 0.5) is 4.79 Å². The first-order chi connectivity index (χ1) is 10.1. The number of hydrogen-bond acceptors (Lipinski definition) is 3. The molecule has 0 spiro atoms. The Morgan fingerprint density at radius 3 is 2.50 bits per heavy atom. The normalized spacial score (nSPS) is 22.0. The van der Waals surface area contributed by atoms with Gasteiger partial charge in [0, 0.05) is 10.4 Å². The lowest BCUT2D eigenvalue weighted by molar-refractivity contribution is -0.136. The third-order valence-corrected chi connectivity index (χ3v) is 4.05. The number of hydrogen-bond donors (Lipinski definition) is 1. The number of urea groups is 1. The predicted molar refractivity (Wildman–Crippen MR) is 83.5 cm³/mol. The number of carbonyl (C=O) groups excluding carboxylic acids is 3. The zero-order chi connectivity index (χ0) is 16.7. The summed E-state index contributed by atoms with van der Waals surface area (Å²) in [5, 5.41) is 3.13. The van der Waals surface area contributed by atoms with Gasteiger partial charge >= 0.3 is 6.03 Å². The fourth-order valence-electron chi connectivity index (χ4n) is 2.22. The maximum atomic E-state index is 12.7. The van der Waals surface area contributed by atoms with Gasteiger partial charge in [0.15, 0.2) is 5.78 Å². The Kier molecular flexibility index (Phi) is 4.04. The van der Waals surface area contributed by atoms with Crippen LogP contribution in [0.25, 0.3) is 0 Å². The number of imide groups is 1. The van der Waals surface area contributed by atoms with Crippen LogP contribution in [0, 0.1) is 5.41 Å². The lowest BCUT2D eigenvalue weighted by Gasteiger charge is -2.23. The van der Waals surface area contributed by atoms with E-state index in [4.69, 9.17) is 11.6 Å². The summed E-state index contributed by atoms with van der Waals surface area (Å²) in [6, 6.07) is 6.20. The van der Waals surface area contributed by atoms with E-state index in [-0.39, 0.29) is 12.3 Å². The molecule has 1 aromatic rings. The van der Waals surface area contributed by atoms with E-state index in [0.717, 1.165) is 4.90 Å². The molecule has 22 heavy (non-hydrogen) atoms. The molecule has 1 aromatic carbocycles. The molecule has 1 atom stereocenters. The van der Waals surface area contributed by atoms with Crippen LogP contribution in [-0.2, 0) is 15.1 Å². The second-order valence-electron chi connectivity index (χ2n) is 6.63. The molecule has 0 radical (unpaired) electrons. The summed E-state index contributed by atoms with van der Waals surface area (Å²) in [5.74, 6) is -0.622. The van der Waals surface area contributed by atoms with Crippen molar-refractivity contribution in [1.29, 1.82) is 0 Å². The molecule has 5 nitrogen and oxygen atoms in total. The molecule has 1 aliphatic rings. The summed E-state index contributed by atoms with van der Waals surface area (Å²) in [6.07, 6.45) is 0. The van der Waals surface area contributed by atoms with Crippen molar-refractivity contribution in [3.05, 3.63) is 34.9 Å². The van der Waals surface area contributed by atoms with Crippen LogP contribution in [0.1, 0.15) is 33.3 Å². The van der Waals surface area contributed by atoms with Crippen molar-refractivity contribution >= 4 is 29.3 Å². The highest BCUT2D eigenvalue weighted by Gasteiger charge is 2.49. The number of benzene rings is 1. The predicted octanol–water partition coefficient (Wildman–Crippen LogP) is 2.72. The largest absolute Gasteiger partial charge is 0.325 e. The number of nitrogens with zero attached hydrogens (tertiary/aromatic N) is 1. The molecule has 1 heterocycles. The molecule has 3 amide bonds. The third kappa shape index (κ3) is 2.86. The van der Waals surface area contributed by atoms with Crippen LogP contribution >= 0.6 is 11.6 Å². The van der Waals surface area contributed by atoms with Gasteiger partial charge in [0.2, 0.25) is 0 Å². The zero-order valence-electron chi connectivity index (χ0n) is 13.1. The molecule has 2 rings (SSSR count). The number of amides is 3. The van der Waals surface area contributed by atoms with Gasteiger partial charge < -0.3 is 5.32 Å². The van der Waals surface area contributed by atoms with Crippen LogP contribution in [0.5, 0.6) is 0 Å². The van der Waals surface area contributed by atoms with Crippen LogP contribution in [0.2, 0.25) is 5.02 Å². The Balaban J connectivity index is 2.30. The Bertz CT molecular complexity index is 651. The van der Waals surface area contributed by atoms with E-state index in [9.17, 15) is 14.4 Å². The number of carbonyl (C=O) groups is 3. The summed E-state index contributed by atoms with van der Waals surface area (Å²) in [5.41, 5.74) is -1.24. The number of Topliss-reactive ketones (excluding diaryl/α,β-unsaturated/α-hetero) is 1. The Hall–Kier alpha value is -1.88. The van der Waals surface area contributed by atoms with Crippen LogP contribution in [-0.4, -0.2) is 29.2 Å².